The van der Waals surface area contributed by atoms with Crippen molar-refractivity contribution in [2.45, 2.75) is 26.8 Å². The van der Waals surface area contributed by atoms with E-state index in [2.05, 4.69) is 36.6 Å². The monoisotopic (exact) mass is 281 g/mol. The standard InChI is InChI=1S/C17H19N3O/c1-3-8-20-15-7-4-11(2)9-14(15)19-17(20)12-5-6-13(18)16(21)10-12/h4-7,9-10,21H,3,8,18H2,1-2H3. The van der Waals surface area contributed by atoms with Gasteiger partial charge in [-0.25, -0.2) is 4.98 Å². The highest BCUT2D eigenvalue weighted by Crippen LogP contribution is 2.30. The molecule has 1 heterocycles. The van der Waals surface area contributed by atoms with Gasteiger partial charge in [-0.15, -0.1) is 0 Å². The fourth-order valence-electron chi connectivity index (χ4n) is 2.59. The van der Waals surface area contributed by atoms with Crippen LogP contribution in [0.15, 0.2) is 36.4 Å². The lowest BCUT2D eigenvalue weighted by Gasteiger charge is -2.09. The summed E-state index contributed by atoms with van der Waals surface area (Å²) in [5, 5.41) is 9.84. The zero-order valence-corrected chi connectivity index (χ0v) is 12.3. The molecular weight excluding hydrogens is 262 g/mol. The molecule has 1 aromatic heterocycles. The molecule has 4 nitrogen and oxygen atoms in total. The van der Waals surface area contributed by atoms with E-state index < -0.39 is 0 Å². The van der Waals surface area contributed by atoms with E-state index in [1.54, 1.807) is 12.1 Å². The van der Waals surface area contributed by atoms with Crippen molar-refractivity contribution in [1.29, 1.82) is 0 Å². The van der Waals surface area contributed by atoms with Crippen molar-refractivity contribution in [2.24, 2.45) is 0 Å². The molecule has 0 unspecified atom stereocenters. The van der Waals surface area contributed by atoms with E-state index >= 15 is 0 Å². The van der Waals surface area contributed by atoms with E-state index in [9.17, 15) is 5.11 Å². The summed E-state index contributed by atoms with van der Waals surface area (Å²) in [6.45, 7) is 5.09. The first-order valence-corrected chi connectivity index (χ1v) is 7.16. The number of phenolic OH excluding ortho intramolecular Hbond substituents is 1. The number of aromatic hydroxyl groups is 1. The molecule has 3 rings (SSSR count). The van der Waals surface area contributed by atoms with E-state index in [0.29, 0.717) is 5.69 Å². The number of nitrogen functional groups attached to an aromatic ring is 1. The van der Waals surface area contributed by atoms with Crippen LogP contribution in [0, 0.1) is 6.92 Å². The Kier molecular flexibility index (Phi) is 3.29. The average molecular weight is 281 g/mol. The number of aromatic nitrogens is 2. The molecule has 21 heavy (non-hydrogen) atoms. The Labute approximate surface area is 123 Å². The van der Waals surface area contributed by atoms with Gasteiger partial charge < -0.3 is 15.4 Å². The maximum atomic E-state index is 9.84. The van der Waals surface area contributed by atoms with Crippen molar-refractivity contribution in [3.05, 3.63) is 42.0 Å². The Balaban J connectivity index is 2.24. The van der Waals surface area contributed by atoms with Crippen LogP contribution in [0.25, 0.3) is 22.4 Å². The minimum Gasteiger partial charge on any atom is -0.506 e. The van der Waals surface area contributed by atoms with Gasteiger partial charge in [0, 0.05) is 12.1 Å². The molecule has 2 aromatic carbocycles. The van der Waals surface area contributed by atoms with E-state index in [4.69, 9.17) is 10.7 Å². The number of fused-ring (bicyclic) bond motifs is 1. The summed E-state index contributed by atoms with van der Waals surface area (Å²) in [5.74, 6) is 0.964. The molecule has 0 saturated carbocycles. The quantitative estimate of drug-likeness (QED) is 0.568. The average Bonchev–Trinajstić information content (AvgIpc) is 2.80. The van der Waals surface area contributed by atoms with Gasteiger partial charge in [0.15, 0.2) is 0 Å². The molecule has 0 radical (unpaired) electrons. The Morgan fingerprint density at radius 2 is 2.00 bits per heavy atom. The summed E-state index contributed by atoms with van der Waals surface area (Å²) >= 11 is 0. The highest BCUT2D eigenvalue weighted by molar-refractivity contribution is 5.82. The van der Waals surface area contributed by atoms with Crippen LogP contribution in [0.1, 0.15) is 18.9 Å². The van der Waals surface area contributed by atoms with Crippen molar-refractivity contribution in [3.8, 4) is 17.1 Å². The molecule has 0 saturated heterocycles. The van der Waals surface area contributed by atoms with E-state index in [-0.39, 0.29) is 5.75 Å². The molecule has 0 aliphatic carbocycles. The lowest BCUT2D eigenvalue weighted by Crippen LogP contribution is -2.00. The van der Waals surface area contributed by atoms with Crippen molar-refractivity contribution >= 4 is 16.7 Å². The zero-order chi connectivity index (χ0) is 15.0. The lowest BCUT2D eigenvalue weighted by atomic mass is 10.2. The third kappa shape index (κ3) is 2.33. The lowest BCUT2D eigenvalue weighted by molar-refractivity contribution is 0.478. The summed E-state index contributed by atoms with van der Waals surface area (Å²) in [5.41, 5.74) is 10.2. The number of hydrogen-bond donors (Lipinski definition) is 2. The topological polar surface area (TPSA) is 64.1 Å². The van der Waals surface area contributed by atoms with Crippen LogP contribution in [0.3, 0.4) is 0 Å². The largest absolute Gasteiger partial charge is 0.506 e. The Hall–Kier alpha value is -2.49. The molecule has 0 aliphatic rings. The number of nitrogens with zero attached hydrogens (tertiary/aromatic N) is 2. The maximum absolute atomic E-state index is 9.84. The van der Waals surface area contributed by atoms with Crippen molar-refractivity contribution in [3.63, 3.8) is 0 Å². The van der Waals surface area contributed by atoms with Gasteiger partial charge in [0.2, 0.25) is 0 Å². The number of aryl methyl sites for hydroxylation is 2. The van der Waals surface area contributed by atoms with Crippen molar-refractivity contribution < 1.29 is 5.11 Å². The van der Waals surface area contributed by atoms with E-state index in [1.807, 2.05) is 6.07 Å². The number of rotatable bonds is 3. The van der Waals surface area contributed by atoms with Gasteiger partial charge in [-0.1, -0.05) is 13.0 Å². The van der Waals surface area contributed by atoms with Crippen LogP contribution in [0.2, 0.25) is 0 Å². The summed E-state index contributed by atoms with van der Waals surface area (Å²) in [6.07, 6.45) is 1.02. The second kappa shape index (κ2) is 5.13. The third-order valence-corrected chi connectivity index (χ3v) is 3.64. The molecule has 0 fully saturated rings. The molecular formula is C17H19N3O. The molecule has 108 valence electrons. The Morgan fingerprint density at radius 3 is 2.71 bits per heavy atom. The SMILES string of the molecule is CCCn1c(-c2ccc(N)c(O)c2)nc2cc(C)ccc21. The molecule has 0 aliphatic heterocycles. The number of imidazole rings is 1. The molecule has 0 bridgehead atoms. The highest BCUT2D eigenvalue weighted by atomic mass is 16.3. The van der Waals surface area contributed by atoms with Gasteiger partial charge >= 0.3 is 0 Å². The molecule has 0 spiro atoms. The second-order valence-corrected chi connectivity index (χ2v) is 5.35. The van der Waals surface area contributed by atoms with Crippen LogP contribution in [0.4, 0.5) is 5.69 Å². The van der Waals surface area contributed by atoms with Gasteiger partial charge in [0.05, 0.1) is 16.7 Å². The number of benzene rings is 2. The molecule has 0 amide bonds. The highest BCUT2D eigenvalue weighted by Gasteiger charge is 2.13. The van der Waals surface area contributed by atoms with E-state index in [0.717, 1.165) is 35.4 Å². The van der Waals surface area contributed by atoms with Gasteiger partial charge in [-0.2, -0.15) is 0 Å². The predicted octanol–water partition coefficient (Wildman–Crippen LogP) is 3.71. The van der Waals surface area contributed by atoms with Gasteiger partial charge in [-0.05, 0) is 49.2 Å². The van der Waals surface area contributed by atoms with E-state index in [1.165, 1.54) is 5.56 Å². The summed E-state index contributed by atoms with van der Waals surface area (Å²) in [7, 11) is 0. The second-order valence-electron chi connectivity index (χ2n) is 5.35. The van der Waals surface area contributed by atoms with Crippen molar-refractivity contribution in [1.82, 2.24) is 9.55 Å². The fraction of sp³-hybridized carbons (Fsp3) is 0.235. The number of anilines is 1. The molecule has 3 aromatic rings. The predicted molar refractivity (Wildman–Crippen MR) is 86.3 cm³/mol. The van der Waals surface area contributed by atoms with Crippen LogP contribution in [0.5, 0.6) is 5.75 Å². The maximum Gasteiger partial charge on any atom is 0.141 e. The van der Waals surface area contributed by atoms with Crippen LogP contribution in [-0.4, -0.2) is 14.7 Å². The number of hydrogen-bond acceptors (Lipinski definition) is 3. The first-order valence-electron chi connectivity index (χ1n) is 7.16. The minimum absolute atomic E-state index is 0.0961. The van der Waals surface area contributed by atoms with Gasteiger partial charge in [0.25, 0.3) is 0 Å². The summed E-state index contributed by atoms with van der Waals surface area (Å²) in [4.78, 5) is 4.74. The molecule has 3 N–H and O–H groups in total. The Bertz CT molecular complexity index is 805. The number of nitrogens with two attached hydrogens (primary N) is 1. The Morgan fingerprint density at radius 1 is 1.19 bits per heavy atom. The first kappa shape index (κ1) is 13.5. The van der Waals surface area contributed by atoms with Gasteiger partial charge in [0.1, 0.15) is 11.6 Å². The van der Waals surface area contributed by atoms with Gasteiger partial charge in [-0.3, -0.25) is 0 Å². The number of phenols is 1. The summed E-state index contributed by atoms with van der Waals surface area (Å²) in [6, 6.07) is 11.6. The third-order valence-electron chi connectivity index (χ3n) is 3.64. The van der Waals surface area contributed by atoms with Crippen molar-refractivity contribution in [2.75, 3.05) is 5.73 Å². The molecule has 4 heteroatoms. The minimum atomic E-state index is 0.0961. The first-order chi connectivity index (χ1) is 10.1. The molecule has 0 atom stereocenters. The van der Waals surface area contributed by atoms with Crippen LogP contribution >= 0.6 is 0 Å². The zero-order valence-electron chi connectivity index (χ0n) is 12.3. The van der Waals surface area contributed by atoms with Crippen LogP contribution < -0.4 is 5.73 Å². The smallest absolute Gasteiger partial charge is 0.141 e. The summed E-state index contributed by atoms with van der Waals surface area (Å²) < 4.78 is 2.19. The normalized spacial score (nSPS) is 11.1. The van der Waals surface area contributed by atoms with Crippen LogP contribution in [-0.2, 0) is 6.54 Å². The fourth-order valence-corrected chi connectivity index (χ4v) is 2.59.